The zero-order chi connectivity index (χ0) is 72.9. The molecular weight excluding hydrogens is 1330 g/mol. The number of para-hydroxylation sites is 6. The van der Waals surface area contributed by atoms with Crippen LogP contribution in [0.2, 0.25) is 0 Å². The third-order valence-corrected chi connectivity index (χ3v) is 25.4. The largest absolute Gasteiger partial charge is 0.365 e. The first-order chi connectivity index (χ1) is 54.2. The first kappa shape index (κ1) is 64.6. The predicted molar refractivity (Wildman–Crippen MR) is 466 cm³/mol. The number of rotatable bonds is 11. The first-order valence-electron chi connectivity index (χ1n) is 39.7. The molecule has 23 rings (SSSR count). The van der Waals surface area contributed by atoms with E-state index in [9.17, 15) is 0 Å². The lowest BCUT2D eigenvalue weighted by Crippen LogP contribution is -2.65. The Kier molecular flexibility index (Phi) is 15.0. The van der Waals surface area contributed by atoms with Gasteiger partial charge in [0.05, 0.1) is 17.1 Å². The summed E-state index contributed by atoms with van der Waals surface area (Å²) < 4.78 is 0. The summed E-state index contributed by atoms with van der Waals surface area (Å²) in [6, 6.07) is 135. The molecule has 0 spiro atoms. The second-order valence-electron chi connectivity index (χ2n) is 32.6. The van der Waals surface area contributed by atoms with Crippen LogP contribution in [0.5, 0.6) is 0 Å². The number of benzene rings is 15. The maximum Gasteiger partial charge on any atom is 0.252 e. The number of nitrogens with zero attached hydrogens (tertiary/aromatic N) is 5. The number of piperidine rings is 2. The van der Waals surface area contributed by atoms with E-state index in [2.05, 4.69) is 397 Å². The van der Waals surface area contributed by atoms with E-state index < -0.39 is 0 Å². The summed E-state index contributed by atoms with van der Waals surface area (Å²) in [6.07, 6.45) is 6.33. The molecule has 15 aromatic carbocycles. The van der Waals surface area contributed by atoms with E-state index in [4.69, 9.17) is 0 Å². The van der Waals surface area contributed by atoms with Crippen LogP contribution in [0.4, 0.5) is 73.9 Å². The topological polar surface area (TPSA) is 16.2 Å². The van der Waals surface area contributed by atoms with E-state index in [-0.39, 0.29) is 18.8 Å². The fraction of sp³-hybridized carbons (Fsp3) is 0.126. The number of hydrogen-bond acceptors (Lipinski definition) is 5. The molecular formula is C103H81B2N5. The van der Waals surface area contributed by atoms with Crippen LogP contribution in [0.25, 0.3) is 66.8 Å². The number of hydrogen-bond donors (Lipinski definition) is 0. The molecule has 2 saturated carbocycles. The highest BCUT2D eigenvalue weighted by Gasteiger charge is 2.52. The SMILES string of the molecule is CC(C)(C)c1cc2c3c(c1)N(c1c(-c4ccccc4)cccc1-c1ccccc1)c1ccccc1B3c1cc3c(cc1N2c1ccccc1)N(c1c(-c2ccccc2)cccc1-c1ccccc1)c1cc(N2C4CC5CC(C4)CC2C5)cc2c1B3c1ccccc1N2c1c(-c2ccccc2)cccc1-c1ccccc1. The minimum absolute atomic E-state index is 0.204. The van der Waals surface area contributed by atoms with Gasteiger partial charge in [-0.2, -0.15) is 0 Å². The minimum atomic E-state index is -0.257. The predicted octanol–water partition coefficient (Wildman–Crippen LogP) is 22.9. The van der Waals surface area contributed by atoms with Gasteiger partial charge in [-0.25, -0.2) is 0 Å². The molecule has 524 valence electrons. The fourth-order valence-electron chi connectivity index (χ4n) is 20.9. The zero-order valence-electron chi connectivity index (χ0n) is 62.2. The molecule has 15 aromatic rings. The van der Waals surface area contributed by atoms with Crippen LogP contribution in [-0.2, 0) is 5.41 Å². The van der Waals surface area contributed by atoms with Crippen molar-refractivity contribution in [2.45, 2.75) is 70.4 Å². The number of fused-ring (bicyclic) bond motifs is 8. The van der Waals surface area contributed by atoms with Crippen molar-refractivity contribution >= 4 is 120 Å². The monoisotopic (exact) mass is 1410 g/mol. The van der Waals surface area contributed by atoms with Gasteiger partial charge in [0.2, 0.25) is 0 Å². The Morgan fingerprint density at radius 3 is 0.900 bits per heavy atom. The van der Waals surface area contributed by atoms with Crippen LogP contribution >= 0.6 is 0 Å². The summed E-state index contributed by atoms with van der Waals surface area (Å²) in [7, 11) is 0. The maximum absolute atomic E-state index is 2.96. The Balaban J connectivity index is 0.892. The molecule has 6 heterocycles. The maximum atomic E-state index is 2.96. The normalized spacial score (nSPS) is 17.3. The van der Waals surface area contributed by atoms with E-state index in [0.717, 1.165) is 28.9 Å². The lowest BCUT2D eigenvalue weighted by Gasteiger charge is -2.58. The van der Waals surface area contributed by atoms with Gasteiger partial charge in [0.25, 0.3) is 13.4 Å². The molecule has 0 atom stereocenters. The average Bonchev–Trinajstić information content (AvgIpc) is 0.678. The van der Waals surface area contributed by atoms with E-state index in [1.807, 2.05) is 0 Å². The van der Waals surface area contributed by atoms with Crippen molar-refractivity contribution in [3.8, 4) is 66.8 Å². The smallest absolute Gasteiger partial charge is 0.252 e. The van der Waals surface area contributed by atoms with E-state index in [1.165, 1.54) is 194 Å². The highest BCUT2D eigenvalue weighted by Crippen LogP contribution is 2.59. The van der Waals surface area contributed by atoms with Gasteiger partial charge in [-0.1, -0.05) is 318 Å². The molecule has 4 bridgehead atoms. The highest BCUT2D eigenvalue weighted by atomic mass is 15.3. The molecule has 110 heavy (non-hydrogen) atoms. The van der Waals surface area contributed by atoms with Crippen LogP contribution in [0.1, 0.15) is 58.4 Å². The van der Waals surface area contributed by atoms with Gasteiger partial charge in [-0.15, -0.1) is 0 Å². The lowest BCUT2D eigenvalue weighted by molar-refractivity contribution is 0.0900. The van der Waals surface area contributed by atoms with Crippen LogP contribution in [0, 0.1) is 11.8 Å². The summed E-state index contributed by atoms with van der Waals surface area (Å²) in [5.74, 6) is 1.54. The van der Waals surface area contributed by atoms with Crippen LogP contribution in [-0.4, -0.2) is 25.5 Å². The Hall–Kier alpha value is -12.6. The summed E-state index contributed by atoms with van der Waals surface area (Å²) in [5.41, 5.74) is 38.3. The summed E-state index contributed by atoms with van der Waals surface area (Å²) in [6.45, 7) is 6.75. The third-order valence-electron chi connectivity index (χ3n) is 25.4. The molecule has 0 N–H and O–H groups in total. The molecule has 4 fully saturated rings. The van der Waals surface area contributed by atoms with Gasteiger partial charge in [0.15, 0.2) is 0 Å². The van der Waals surface area contributed by atoms with E-state index in [1.54, 1.807) is 0 Å². The summed E-state index contributed by atoms with van der Waals surface area (Å²) >= 11 is 0. The van der Waals surface area contributed by atoms with Gasteiger partial charge in [-0.05, 0) is 176 Å². The van der Waals surface area contributed by atoms with Gasteiger partial charge in [0, 0.05) is 102 Å². The van der Waals surface area contributed by atoms with Crippen LogP contribution in [0.3, 0.4) is 0 Å². The van der Waals surface area contributed by atoms with Crippen molar-refractivity contribution in [1.29, 1.82) is 0 Å². The van der Waals surface area contributed by atoms with Crippen LogP contribution < -0.4 is 57.3 Å². The average molecular weight is 1410 g/mol. The Morgan fingerprint density at radius 2 is 0.545 bits per heavy atom. The summed E-state index contributed by atoms with van der Waals surface area (Å²) in [5, 5.41) is 0. The fourth-order valence-corrected chi connectivity index (χ4v) is 20.9. The van der Waals surface area contributed by atoms with E-state index >= 15 is 0 Å². The van der Waals surface area contributed by atoms with Crippen LogP contribution in [0.15, 0.2) is 352 Å². The van der Waals surface area contributed by atoms with Crippen molar-refractivity contribution < 1.29 is 0 Å². The molecule has 2 saturated heterocycles. The minimum Gasteiger partial charge on any atom is -0.365 e. The van der Waals surface area contributed by atoms with Gasteiger partial charge >= 0.3 is 0 Å². The van der Waals surface area contributed by atoms with E-state index in [0.29, 0.717) is 12.1 Å². The molecule has 0 unspecified atom stereocenters. The third kappa shape index (κ3) is 10.2. The quantitative estimate of drug-likeness (QED) is 0.120. The lowest BCUT2D eigenvalue weighted by atomic mass is 9.30. The van der Waals surface area contributed by atoms with Crippen molar-refractivity contribution in [2.75, 3.05) is 24.5 Å². The standard InChI is InChI=1S/C103H81B2N5/c1-103(2,3)75-61-94-98-95(62-75)108(100-80(69-32-11-4-12-33-69)46-29-47-81(100)70-34-13-5-14-35-70)90-54-27-25-52-86(90)104(98)88-65-89-93(66-92(88)107(94)76-44-23-10-24-45-76)110(102-84(73-40-19-8-20-41-73)50-31-51-85(102)74-42-21-9-22-43-74)97-64-79(106-77-57-67-56-68(59-77)60-78(106)58-67)63-96-99(97)105(89)87-53-26-28-55-91(87)109(96)101-82(71-36-15-6-16-37-71)48-30-49-83(101)72-38-17-7-18-39-72/h4-55,61-68,77-78H,56-60H2,1-3H3. The molecule has 8 aliphatic rings. The molecule has 5 nitrogen and oxygen atoms in total. The van der Waals surface area contributed by atoms with Crippen molar-refractivity contribution in [1.82, 2.24) is 0 Å². The summed E-state index contributed by atoms with van der Waals surface area (Å²) in [4.78, 5) is 13.9. The van der Waals surface area contributed by atoms with Gasteiger partial charge in [-0.3, -0.25) is 0 Å². The second kappa shape index (κ2) is 25.5. The molecule has 2 aliphatic carbocycles. The van der Waals surface area contributed by atoms with Crippen molar-refractivity contribution in [3.05, 3.63) is 357 Å². The Bertz CT molecular complexity index is 5920. The zero-order valence-corrected chi connectivity index (χ0v) is 62.2. The first-order valence-corrected chi connectivity index (χ1v) is 39.7. The Labute approximate surface area is 646 Å². The molecule has 7 heteroatoms. The molecule has 0 amide bonds. The number of anilines is 13. The van der Waals surface area contributed by atoms with Gasteiger partial charge in [0.1, 0.15) is 0 Å². The highest BCUT2D eigenvalue weighted by molar-refractivity contribution is 7.03. The molecule has 6 aliphatic heterocycles. The van der Waals surface area contributed by atoms with Crippen molar-refractivity contribution in [2.24, 2.45) is 11.8 Å². The second-order valence-corrected chi connectivity index (χ2v) is 32.6. The van der Waals surface area contributed by atoms with Gasteiger partial charge < -0.3 is 24.5 Å². The molecule has 0 radical (unpaired) electrons. The molecule has 0 aromatic heterocycles. The van der Waals surface area contributed by atoms with Crippen molar-refractivity contribution in [3.63, 3.8) is 0 Å². The Morgan fingerprint density at radius 1 is 0.245 bits per heavy atom.